The zero-order chi connectivity index (χ0) is 23.5. The van der Waals surface area contributed by atoms with E-state index in [1.807, 2.05) is 61.5 Å². The molecular weight excluding hydrogens is 472 g/mol. The van der Waals surface area contributed by atoms with Crippen LogP contribution in [-0.2, 0) is 17.6 Å². The topological polar surface area (TPSA) is 127 Å². The SMILES string of the molecule is CN(C)CC(=O)N1c2ccccc2CCc2ccc(NC(=O)c3ccc([N+](=O)[O-])cc3)cc21.Cl.O. The molecule has 0 bridgehead atoms. The van der Waals surface area contributed by atoms with E-state index in [4.69, 9.17) is 0 Å². The fraction of sp³-hybridized carbons (Fsp3) is 0.200. The summed E-state index contributed by atoms with van der Waals surface area (Å²) in [6, 6.07) is 18.9. The monoisotopic (exact) mass is 498 g/mol. The molecule has 0 saturated carbocycles. The number of nitrogens with one attached hydrogen (secondary N) is 1. The third-order valence-electron chi connectivity index (χ3n) is 5.52. The average Bonchev–Trinajstić information content (AvgIpc) is 2.95. The Morgan fingerprint density at radius 3 is 2.23 bits per heavy atom. The lowest BCUT2D eigenvalue weighted by Gasteiger charge is -2.27. The first-order chi connectivity index (χ1) is 15.8. The van der Waals surface area contributed by atoms with Crippen molar-refractivity contribution in [3.05, 3.63) is 93.5 Å². The van der Waals surface area contributed by atoms with E-state index >= 15 is 0 Å². The van der Waals surface area contributed by atoms with Gasteiger partial charge in [0.25, 0.3) is 11.6 Å². The number of amides is 2. The van der Waals surface area contributed by atoms with Crippen LogP contribution in [0.1, 0.15) is 21.5 Å². The lowest BCUT2D eigenvalue weighted by molar-refractivity contribution is -0.384. The van der Waals surface area contributed by atoms with Gasteiger partial charge in [0, 0.05) is 23.4 Å². The van der Waals surface area contributed by atoms with Gasteiger partial charge in [-0.05, 0) is 68.4 Å². The number of non-ortho nitro benzene ring substituents is 1. The van der Waals surface area contributed by atoms with Gasteiger partial charge in [-0.3, -0.25) is 24.6 Å². The number of hydrogen-bond donors (Lipinski definition) is 1. The lowest BCUT2D eigenvalue weighted by atomic mass is 10.0. The number of rotatable bonds is 5. The summed E-state index contributed by atoms with van der Waals surface area (Å²) < 4.78 is 0. The van der Waals surface area contributed by atoms with Crippen molar-refractivity contribution in [3.8, 4) is 0 Å². The molecule has 0 fully saturated rings. The molecule has 0 saturated heterocycles. The second-order valence-corrected chi connectivity index (χ2v) is 8.20. The minimum atomic E-state index is -0.509. The number of nitro benzene ring substituents is 1. The predicted molar refractivity (Wildman–Crippen MR) is 138 cm³/mol. The Hall–Kier alpha value is -3.79. The Bertz CT molecular complexity index is 1230. The third kappa shape index (κ3) is 6.02. The number of likely N-dealkylation sites (N-methyl/N-ethyl adjacent to an activating group) is 1. The van der Waals surface area contributed by atoms with Crippen molar-refractivity contribution in [1.82, 2.24) is 4.90 Å². The highest BCUT2D eigenvalue weighted by Gasteiger charge is 2.26. The second kappa shape index (κ2) is 11.6. The number of anilines is 3. The molecule has 1 aliphatic heterocycles. The van der Waals surface area contributed by atoms with E-state index in [0.717, 1.165) is 35.3 Å². The summed E-state index contributed by atoms with van der Waals surface area (Å²) in [6.07, 6.45) is 1.58. The Labute approximate surface area is 209 Å². The largest absolute Gasteiger partial charge is 0.412 e. The van der Waals surface area contributed by atoms with E-state index in [-0.39, 0.29) is 41.9 Å². The summed E-state index contributed by atoms with van der Waals surface area (Å²) in [5.41, 5.74) is 4.48. The minimum Gasteiger partial charge on any atom is -0.412 e. The summed E-state index contributed by atoms with van der Waals surface area (Å²) >= 11 is 0. The number of carbonyl (C=O) groups is 2. The van der Waals surface area contributed by atoms with E-state index in [0.29, 0.717) is 11.3 Å². The van der Waals surface area contributed by atoms with E-state index in [9.17, 15) is 19.7 Å². The van der Waals surface area contributed by atoms with Crippen molar-refractivity contribution < 1.29 is 20.0 Å². The van der Waals surface area contributed by atoms with Crippen LogP contribution in [-0.4, -0.2) is 47.8 Å². The maximum Gasteiger partial charge on any atom is 0.269 e. The highest BCUT2D eigenvalue weighted by molar-refractivity contribution is 6.06. The van der Waals surface area contributed by atoms with Gasteiger partial charge in [0.05, 0.1) is 22.8 Å². The summed E-state index contributed by atoms with van der Waals surface area (Å²) in [5.74, 6) is -0.445. The highest BCUT2D eigenvalue weighted by Crippen LogP contribution is 2.37. The van der Waals surface area contributed by atoms with Crippen LogP contribution in [0.2, 0.25) is 0 Å². The summed E-state index contributed by atoms with van der Waals surface area (Å²) in [6.45, 7) is 0.243. The van der Waals surface area contributed by atoms with Crippen LogP contribution in [0.15, 0.2) is 66.7 Å². The van der Waals surface area contributed by atoms with Gasteiger partial charge in [-0.1, -0.05) is 24.3 Å². The van der Waals surface area contributed by atoms with Crippen LogP contribution in [0.5, 0.6) is 0 Å². The van der Waals surface area contributed by atoms with E-state index in [1.165, 1.54) is 24.3 Å². The van der Waals surface area contributed by atoms with Gasteiger partial charge in [0.15, 0.2) is 0 Å². The lowest BCUT2D eigenvalue weighted by Crippen LogP contribution is -2.35. The van der Waals surface area contributed by atoms with Crippen LogP contribution >= 0.6 is 12.4 Å². The standard InChI is InChI=1S/C25H24N4O4.ClH.H2O/c1-27(2)16-24(30)28-22-6-4-3-5-17(22)7-8-18-9-12-20(15-23(18)28)26-25(31)19-10-13-21(14-11-19)29(32)33;;/h3-6,9-15H,7-8,16H2,1-2H3,(H,26,31);1H;1H2. The van der Waals surface area contributed by atoms with Gasteiger partial charge in [-0.25, -0.2) is 0 Å². The Morgan fingerprint density at radius 2 is 1.60 bits per heavy atom. The Morgan fingerprint density at radius 1 is 0.971 bits per heavy atom. The number of fused-ring (bicyclic) bond motifs is 2. The molecule has 9 nitrogen and oxygen atoms in total. The quantitative estimate of drug-likeness (QED) is 0.423. The second-order valence-electron chi connectivity index (χ2n) is 8.20. The zero-order valence-electron chi connectivity index (χ0n) is 19.4. The Balaban J connectivity index is 0.00000216. The fourth-order valence-corrected chi connectivity index (χ4v) is 3.95. The zero-order valence-corrected chi connectivity index (χ0v) is 20.2. The molecular formula is C25H27ClN4O5. The maximum atomic E-state index is 13.3. The molecule has 0 spiro atoms. The molecule has 0 radical (unpaired) electrons. The van der Waals surface area contributed by atoms with Crippen molar-refractivity contribution >= 4 is 47.0 Å². The molecule has 184 valence electrons. The molecule has 3 N–H and O–H groups in total. The molecule has 1 heterocycles. The molecule has 0 unspecified atom stereocenters. The summed E-state index contributed by atoms with van der Waals surface area (Å²) in [7, 11) is 3.70. The first-order valence-electron chi connectivity index (χ1n) is 10.6. The molecule has 3 aromatic carbocycles. The predicted octanol–water partition coefficient (Wildman–Crippen LogP) is 3.77. The van der Waals surface area contributed by atoms with Crippen LogP contribution in [0.25, 0.3) is 0 Å². The molecule has 4 rings (SSSR count). The summed E-state index contributed by atoms with van der Waals surface area (Å²) in [4.78, 5) is 39.9. The highest BCUT2D eigenvalue weighted by atomic mass is 35.5. The number of aryl methyl sites for hydroxylation is 2. The molecule has 2 amide bonds. The van der Waals surface area contributed by atoms with Gasteiger partial charge >= 0.3 is 0 Å². The average molecular weight is 499 g/mol. The van der Waals surface area contributed by atoms with Crippen molar-refractivity contribution in [2.45, 2.75) is 12.8 Å². The van der Waals surface area contributed by atoms with Crippen molar-refractivity contribution in [3.63, 3.8) is 0 Å². The third-order valence-corrected chi connectivity index (χ3v) is 5.52. The van der Waals surface area contributed by atoms with Crippen LogP contribution in [0.4, 0.5) is 22.7 Å². The van der Waals surface area contributed by atoms with E-state index in [1.54, 1.807) is 4.90 Å². The van der Waals surface area contributed by atoms with Crippen molar-refractivity contribution in [2.75, 3.05) is 30.9 Å². The number of nitrogens with zero attached hydrogens (tertiary/aromatic N) is 3. The number of carbonyl (C=O) groups excluding carboxylic acids is 2. The van der Waals surface area contributed by atoms with E-state index < -0.39 is 4.92 Å². The van der Waals surface area contributed by atoms with Crippen LogP contribution in [0, 0.1) is 10.1 Å². The molecule has 1 aliphatic rings. The molecule has 0 aliphatic carbocycles. The minimum absolute atomic E-state index is 0. The van der Waals surface area contributed by atoms with Crippen molar-refractivity contribution in [2.24, 2.45) is 0 Å². The normalized spacial score (nSPS) is 11.8. The van der Waals surface area contributed by atoms with Crippen molar-refractivity contribution in [1.29, 1.82) is 0 Å². The van der Waals surface area contributed by atoms with Gasteiger partial charge < -0.3 is 15.7 Å². The first-order valence-corrected chi connectivity index (χ1v) is 10.6. The molecule has 35 heavy (non-hydrogen) atoms. The summed E-state index contributed by atoms with van der Waals surface area (Å²) in [5, 5.41) is 13.7. The first kappa shape index (κ1) is 27.5. The smallest absolute Gasteiger partial charge is 0.269 e. The van der Waals surface area contributed by atoms with Crippen LogP contribution < -0.4 is 10.2 Å². The van der Waals surface area contributed by atoms with Gasteiger partial charge in [0.1, 0.15) is 0 Å². The van der Waals surface area contributed by atoms with Crippen LogP contribution in [0.3, 0.4) is 0 Å². The molecule has 10 heteroatoms. The van der Waals surface area contributed by atoms with Gasteiger partial charge in [0.2, 0.25) is 5.91 Å². The number of nitro groups is 1. The maximum absolute atomic E-state index is 13.3. The molecule has 0 aromatic heterocycles. The van der Waals surface area contributed by atoms with Gasteiger partial charge in [-0.2, -0.15) is 0 Å². The Kier molecular flexibility index (Phi) is 9.07. The number of para-hydroxylation sites is 1. The number of benzene rings is 3. The molecule has 3 aromatic rings. The van der Waals surface area contributed by atoms with Gasteiger partial charge in [-0.15, -0.1) is 12.4 Å². The number of halogens is 1. The number of hydrogen-bond acceptors (Lipinski definition) is 5. The molecule has 0 atom stereocenters. The van der Waals surface area contributed by atoms with E-state index in [2.05, 4.69) is 5.32 Å². The fourth-order valence-electron chi connectivity index (χ4n) is 3.95.